The van der Waals surface area contributed by atoms with Gasteiger partial charge in [0.05, 0.1) is 10.6 Å². The lowest BCUT2D eigenvalue weighted by Crippen LogP contribution is -2.21. The highest BCUT2D eigenvalue weighted by molar-refractivity contribution is 5.92. The molecule has 0 spiro atoms. The van der Waals surface area contributed by atoms with Gasteiger partial charge in [0.15, 0.2) is 0 Å². The summed E-state index contributed by atoms with van der Waals surface area (Å²) in [6, 6.07) is 4.38. The Kier molecular flexibility index (Phi) is 5.30. The molecule has 0 fully saturated rings. The maximum absolute atomic E-state index is 12.4. The van der Waals surface area contributed by atoms with Crippen molar-refractivity contribution in [1.82, 2.24) is 9.78 Å². The van der Waals surface area contributed by atoms with Gasteiger partial charge in [-0.3, -0.25) is 19.6 Å². The van der Waals surface area contributed by atoms with E-state index in [0.29, 0.717) is 0 Å². The number of nitro groups is 1. The minimum atomic E-state index is -3.03. The number of hydrogen-bond acceptors (Lipinski definition) is 5. The zero-order valence-electron chi connectivity index (χ0n) is 13.7. The topological polar surface area (TPSA) is 99.3 Å². The molecule has 10 heteroatoms. The van der Waals surface area contributed by atoms with Crippen molar-refractivity contribution >= 4 is 17.3 Å². The van der Waals surface area contributed by atoms with E-state index >= 15 is 0 Å². The van der Waals surface area contributed by atoms with Crippen molar-refractivity contribution in [3.05, 3.63) is 45.3 Å². The highest BCUT2D eigenvalue weighted by Crippen LogP contribution is 2.27. The highest BCUT2D eigenvalue weighted by atomic mass is 19.3. The molecule has 1 aromatic heterocycles. The molecular formula is C15H16F2N4O4. The van der Waals surface area contributed by atoms with E-state index in [1.165, 1.54) is 30.7 Å². The second kappa shape index (κ2) is 7.24. The number of amides is 1. The lowest BCUT2D eigenvalue weighted by molar-refractivity contribution is -0.386. The molecule has 1 amide bonds. The zero-order valence-corrected chi connectivity index (χ0v) is 13.7. The molecule has 0 aliphatic heterocycles. The minimum Gasteiger partial charge on any atom is -0.433 e. The summed E-state index contributed by atoms with van der Waals surface area (Å²) in [7, 11) is 0. The monoisotopic (exact) mass is 354 g/mol. The van der Waals surface area contributed by atoms with Crippen molar-refractivity contribution in [2.45, 2.75) is 33.9 Å². The second-order valence-corrected chi connectivity index (χ2v) is 5.36. The first-order valence-corrected chi connectivity index (χ1v) is 7.22. The molecule has 0 bridgehead atoms. The van der Waals surface area contributed by atoms with Crippen molar-refractivity contribution in [3.8, 4) is 5.75 Å². The van der Waals surface area contributed by atoms with Crippen LogP contribution in [-0.4, -0.2) is 27.2 Å². The number of aryl methyl sites for hydroxylation is 2. The molecule has 1 aromatic carbocycles. The molecule has 0 unspecified atom stereocenters. The summed E-state index contributed by atoms with van der Waals surface area (Å²) in [5.74, 6) is -0.751. The second-order valence-electron chi connectivity index (χ2n) is 5.36. The summed E-state index contributed by atoms with van der Waals surface area (Å²) < 4.78 is 30.5. The van der Waals surface area contributed by atoms with Crippen molar-refractivity contribution < 1.29 is 23.2 Å². The van der Waals surface area contributed by atoms with Crippen LogP contribution in [0.3, 0.4) is 0 Å². The number of anilines is 1. The molecule has 2 rings (SSSR count). The van der Waals surface area contributed by atoms with Crippen LogP contribution in [0.25, 0.3) is 0 Å². The predicted molar refractivity (Wildman–Crippen MR) is 84.8 cm³/mol. The van der Waals surface area contributed by atoms with Crippen molar-refractivity contribution in [2.75, 3.05) is 5.32 Å². The Morgan fingerprint density at radius 3 is 2.64 bits per heavy atom. The van der Waals surface area contributed by atoms with E-state index in [1.54, 1.807) is 13.0 Å². The number of alkyl halides is 2. The van der Waals surface area contributed by atoms with E-state index in [2.05, 4.69) is 15.2 Å². The largest absolute Gasteiger partial charge is 0.433 e. The molecule has 134 valence electrons. The fourth-order valence-corrected chi connectivity index (χ4v) is 2.37. The minimum absolute atomic E-state index is 0.0846. The quantitative estimate of drug-likeness (QED) is 0.635. The fraction of sp³-hybridized carbons (Fsp3) is 0.333. The van der Waals surface area contributed by atoms with Crippen LogP contribution in [0, 0.1) is 30.9 Å². The number of benzene rings is 1. The first-order valence-electron chi connectivity index (χ1n) is 7.22. The van der Waals surface area contributed by atoms with Crippen LogP contribution in [0.5, 0.6) is 5.75 Å². The van der Waals surface area contributed by atoms with E-state index < -0.39 is 17.4 Å². The number of ether oxygens (including phenoxy) is 1. The van der Waals surface area contributed by atoms with E-state index in [0.717, 1.165) is 5.56 Å². The third-order valence-electron chi connectivity index (χ3n) is 3.44. The van der Waals surface area contributed by atoms with E-state index in [9.17, 15) is 23.7 Å². The Balaban J connectivity index is 2.20. The number of nitrogens with one attached hydrogen (secondary N) is 1. The van der Waals surface area contributed by atoms with Crippen LogP contribution in [0.1, 0.15) is 17.0 Å². The number of aromatic nitrogens is 2. The first kappa shape index (κ1) is 18.3. The van der Waals surface area contributed by atoms with Crippen LogP contribution < -0.4 is 10.1 Å². The summed E-state index contributed by atoms with van der Waals surface area (Å²) in [5, 5.41) is 17.4. The fourth-order valence-electron chi connectivity index (χ4n) is 2.37. The summed E-state index contributed by atoms with van der Waals surface area (Å²) in [6.45, 7) is 1.34. The molecule has 8 nitrogen and oxygen atoms in total. The predicted octanol–water partition coefficient (Wildman–Crippen LogP) is 2.96. The third kappa shape index (κ3) is 4.28. The number of rotatable bonds is 6. The number of nitrogens with zero attached hydrogens (tertiary/aromatic N) is 3. The highest BCUT2D eigenvalue weighted by Gasteiger charge is 2.23. The number of hydrogen-bond donors (Lipinski definition) is 1. The molecule has 0 saturated carbocycles. The average Bonchev–Trinajstić information content (AvgIpc) is 2.75. The summed E-state index contributed by atoms with van der Waals surface area (Å²) >= 11 is 0. The normalized spacial score (nSPS) is 10.8. The van der Waals surface area contributed by atoms with Crippen molar-refractivity contribution in [2.24, 2.45) is 0 Å². The van der Waals surface area contributed by atoms with Gasteiger partial charge in [-0.2, -0.15) is 13.9 Å². The Morgan fingerprint density at radius 2 is 2.08 bits per heavy atom. The standard InChI is InChI=1S/C15H16F2N4O4/c1-8-4-5-12(25-15(16)17)11(6-8)18-13(22)7-20-10(3)14(21(23)24)9(2)19-20/h4-6,15H,7H2,1-3H3,(H,18,22). The Labute approximate surface area is 141 Å². The smallest absolute Gasteiger partial charge is 0.387 e. The van der Waals surface area contributed by atoms with E-state index in [1.807, 2.05) is 0 Å². The van der Waals surface area contributed by atoms with Crippen LogP contribution in [0.15, 0.2) is 18.2 Å². The van der Waals surface area contributed by atoms with E-state index in [4.69, 9.17) is 0 Å². The first-order chi connectivity index (χ1) is 11.7. The Hall–Kier alpha value is -3.04. The van der Waals surface area contributed by atoms with Crippen molar-refractivity contribution in [3.63, 3.8) is 0 Å². The SMILES string of the molecule is Cc1ccc(OC(F)F)c(NC(=O)Cn2nc(C)c([N+](=O)[O-])c2C)c1. The summed E-state index contributed by atoms with van der Waals surface area (Å²) in [4.78, 5) is 22.6. The lowest BCUT2D eigenvalue weighted by atomic mass is 10.2. The molecule has 1 heterocycles. The molecule has 25 heavy (non-hydrogen) atoms. The van der Waals surface area contributed by atoms with Gasteiger partial charge in [-0.05, 0) is 38.5 Å². The van der Waals surface area contributed by atoms with Gasteiger partial charge in [0.25, 0.3) is 0 Å². The van der Waals surface area contributed by atoms with Gasteiger partial charge >= 0.3 is 12.3 Å². The number of carbonyl (C=O) groups excluding carboxylic acids is 1. The maximum atomic E-state index is 12.4. The molecule has 2 aromatic rings. The molecule has 0 radical (unpaired) electrons. The van der Waals surface area contributed by atoms with Crippen LogP contribution in [0.2, 0.25) is 0 Å². The molecule has 0 aliphatic rings. The molecule has 0 aliphatic carbocycles. The summed E-state index contributed by atoms with van der Waals surface area (Å²) in [6.07, 6.45) is 0. The van der Waals surface area contributed by atoms with Crippen LogP contribution >= 0.6 is 0 Å². The number of halogens is 2. The zero-order chi connectivity index (χ0) is 18.7. The number of carbonyl (C=O) groups is 1. The molecule has 0 saturated heterocycles. The van der Waals surface area contributed by atoms with Gasteiger partial charge in [0, 0.05) is 0 Å². The van der Waals surface area contributed by atoms with Gasteiger partial charge in [-0.1, -0.05) is 6.07 Å². The maximum Gasteiger partial charge on any atom is 0.387 e. The van der Waals surface area contributed by atoms with Crippen LogP contribution in [-0.2, 0) is 11.3 Å². The Morgan fingerprint density at radius 1 is 1.40 bits per heavy atom. The van der Waals surface area contributed by atoms with Crippen molar-refractivity contribution in [1.29, 1.82) is 0 Å². The average molecular weight is 354 g/mol. The molecular weight excluding hydrogens is 338 g/mol. The Bertz CT molecular complexity index is 820. The van der Waals surface area contributed by atoms with E-state index in [-0.39, 0.29) is 35.1 Å². The van der Waals surface area contributed by atoms with Gasteiger partial charge in [0.1, 0.15) is 23.7 Å². The van der Waals surface area contributed by atoms with Gasteiger partial charge < -0.3 is 10.1 Å². The molecule has 0 atom stereocenters. The third-order valence-corrected chi connectivity index (χ3v) is 3.44. The van der Waals surface area contributed by atoms with Crippen LogP contribution in [0.4, 0.5) is 20.2 Å². The van der Waals surface area contributed by atoms with Gasteiger partial charge in [-0.25, -0.2) is 0 Å². The van der Waals surface area contributed by atoms with Gasteiger partial charge in [0.2, 0.25) is 5.91 Å². The summed E-state index contributed by atoms with van der Waals surface area (Å²) in [5.41, 5.74) is 1.07. The molecule has 1 N–H and O–H groups in total. The van der Waals surface area contributed by atoms with Gasteiger partial charge in [-0.15, -0.1) is 0 Å². The lowest BCUT2D eigenvalue weighted by Gasteiger charge is -2.13.